The van der Waals surface area contributed by atoms with Crippen molar-refractivity contribution in [2.75, 3.05) is 31.1 Å². The third-order valence-electron chi connectivity index (χ3n) is 5.72. The Labute approximate surface area is 171 Å². The van der Waals surface area contributed by atoms with Crippen LogP contribution in [0.3, 0.4) is 0 Å². The molecule has 2 aromatic heterocycles. The first-order valence-corrected chi connectivity index (χ1v) is 11.3. The molecule has 0 unspecified atom stereocenters. The van der Waals surface area contributed by atoms with Crippen LogP contribution >= 0.6 is 11.3 Å². The highest BCUT2D eigenvalue weighted by atomic mass is 32.1. The number of aromatic nitrogens is 2. The molecular formula is C22H30N4OS. The van der Waals surface area contributed by atoms with Crippen LogP contribution in [-0.4, -0.2) is 47.0 Å². The highest BCUT2D eigenvalue weighted by Crippen LogP contribution is 2.30. The van der Waals surface area contributed by atoms with E-state index >= 15 is 0 Å². The maximum absolute atomic E-state index is 13.0. The molecule has 0 radical (unpaired) electrons. The normalized spacial score (nSPS) is 17.6. The van der Waals surface area contributed by atoms with E-state index in [4.69, 9.17) is 4.98 Å². The van der Waals surface area contributed by atoms with Gasteiger partial charge < -0.3 is 9.80 Å². The van der Waals surface area contributed by atoms with Gasteiger partial charge in [0.2, 0.25) is 0 Å². The average Bonchev–Trinajstić information content (AvgIpc) is 2.97. The van der Waals surface area contributed by atoms with Crippen LogP contribution in [0.25, 0.3) is 0 Å². The zero-order valence-corrected chi connectivity index (χ0v) is 18.0. The molecule has 2 aromatic rings. The molecule has 0 bridgehead atoms. The molecule has 0 atom stereocenters. The first-order chi connectivity index (χ1) is 13.5. The molecule has 1 amide bonds. The van der Waals surface area contributed by atoms with Crippen LogP contribution in [0.1, 0.15) is 70.7 Å². The first-order valence-electron chi connectivity index (χ1n) is 10.5. The lowest BCUT2D eigenvalue weighted by Crippen LogP contribution is -2.49. The summed E-state index contributed by atoms with van der Waals surface area (Å²) < 4.78 is 0. The highest BCUT2D eigenvalue weighted by molar-refractivity contribution is 7.14. The third-order valence-corrected chi connectivity index (χ3v) is 6.95. The lowest BCUT2D eigenvalue weighted by atomic mass is 10.1. The Balaban J connectivity index is 1.42. The third kappa shape index (κ3) is 4.07. The molecule has 0 N–H and O–H groups in total. The first kappa shape index (κ1) is 19.4. The van der Waals surface area contributed by atoms with Gasteiger partial charge in [-0.25, -0.2) is 9.97 Å². The van der Waals surface area contributed by atoms with Crippen LogP contribution in [0.2, 0.25) is 0 Å². The van der Waals surface area contributed by atoms with E-state index in [0.29, 0.717) is 5.92 Å². The largest absolute Gasteiger partial charge is 0.353 e. The van der Waals surface area contributed by atoms with Gasteiger partial charge in [-0.15, -0.1) is 11.3 Å². The molecule has 5 nitrogen and oxygen atoms in total. The van der Waals surface area contributed by atoms with Gasteiger partial charge in [-0.3, -0.25) is 4.79 Å². The number of aryl methyl sites for hydroxylation is 3. The smallest absolute Gasteiger partial charge is 0.264 e. The fourth-order valence-electron chi connectivity index (χ4n) is 4.06. The predicted octanol–water partition coefficient (Wildman–Crippen LogP) is 4.20. The fraction of sp³-hybridized carbons (Fsp3) is 0.591. The Kier molecular flexibility index (Phi) is 5.67. The summed E-state index contributed by atoms with van der Waals surface area (Å²) in [5.74, 6) is 2.41. The number of carbonyl (C=O) groups is 1. The summed E-state index contributed by atoms with van der Waals surface area (Å²) >= 11 is 1.73. The Morgan fingerprint density at radius 1 is 1.04 bits per heavy atom. The molecule has 1 aliphatic heterocycles. The number of piperazine rings is 1. The SMILES string of the molecule is Cc1cc(N2CCN(C(=O)c3cc4c(s3)CCCCC4)CC2)nc(C(C)C)n1. The summed E-state index contributed by atoms with van der Waals surface area (Å²) in [4.78, 5) is 29.0. The van der Waals surface area contributed by atoms with Crippen LogP contribution in [0, 0.1) is 6.92 Å². The molecule has 4 rings (SSSR count). The van der Waals surface area contributed by atoms with Crippen molar-refractivity contribution in [2.45, 2.75) is 58.8 Å². The zero-order valence-electron chi connectivity index (χ0n) is 17.2. The van der Waals surface area contributed by atoms with Gasteiger partial charge in [0, 0.05) is 48.7 Å². The number of rotatable bonds is 3. The zero-order chi connectivity index (χ0) is 19.7. The minimum atomic E-state index is 0.208. The van der Waals surface area contributed by atoms with Gasteiger partial charge in [0.05, 0.1) is 4.88 Å². The van der Waals surface area contributed by atoms with Crippen molar-refractivity contribution in [2.24, 2.45) is 0 Å². The van der Waals surface area contributed by atoms with E-state index in [1.807, 2.05) is 11.8 Å². The van der Waals surface area contributed by atoms with Crippen molar-refractivity contribution in [3.63, 3.8) is 0 Å². The molecule has 0 aromatic carbocycles. The van der Waals surface area contributed by atoms with Crippen LogP contribution < -0.4 is 4.90 Å². The number of hydrogen-bond acceptors (Lipinski definition) is 5. The maximum Gasteiger partial charge on any atom is 0.264 e. The van der Waals surface area contributed by atoms with Gasteiger partial charge in [0.15, 0.2) is 0 Å². The molecule has 1 saturated heterocycles. The van der Waals surface area contributed by atoms with E-state index in [2.05, 4.69) is 35.9 Å². The van der Waals surface area contributed by atoms with Gasteiger partial charge in [0.1, 0.15) is 11.6 Å². The van der Waals surface area contributed by atoms with Crippen LogP contribution in [-0.2, 0) is 12.8 Å². The standard InChI is InChI=1S/C22H30N4OS/c1-15(2)21-23-16(3)13-20(24-21)25-9-11-26(12-10-25)22(27)19-14-17-7-5-4-6-8-18(17)28-19/h13-15H,4-12H2,1-3H3. The van der Waals surface area contributed by atoms with Crippen molar-refractivity contribution in [3.05, 3.63) is 39.0 Å². The molecule has 0 spiro atoms. The number of fused-ring (bicyclic) bond motifs is 1. The van der Waals surface area contributed by atoms with Crippen molar-refractivity contribution in [1.82, 2.24) is 14.9 Å². The molecule has 6 heteroatoms. The number of carbonyl (C=O) groups excluding carboxylic acids is 1. The number of nitrogens with zero attached hydrogens (tertiary/aromatic N) is 4. The predicted molar refractivity (Wildman–Crippen MR) is 115 cm³/mol. The second-order valence-electron chi connectivity index (χ2n) is 8.28. The molecule has 1 aliphatic carbocycles. The molecule has 2 aliphatic rings. The van der Waals surface area contributed by atoms with Gasteiger partial charge in [-0.2, -0.15) is 0 Å². The summed E-state index contributed by atoms with van der Waals surface area (Å²) in [6, 6.07) is 4.22. The number of amides is 1. The van der Waals surface area contributed by atoms with E-state index in [9.17, 15) is 4.79 Å². The van der Waals surface area contributed by atoms with Crippen molar-refractivity contribution >= 4 is 23.1 Å². The molecule has 150 valence electrons. The number of hydrogen-bond donors (Lipinski definition) is 0. The number of anilines is 1. The number of thiophene rings is 1. The van der Waals surface area contributed by atoms with E-state index < -0.39 is 0 Å². The van der Waals surface area contributed by atoms with Gasteiger partial charge in [-0.1, -0.05) is 20.3 Å². The highest BCUT2D eigenvalue weighted by Gasteiger charge is 2.26. The summed E-state index contributed by atoms with van der Waals surface area (Å²) in [5.41, 5.74) is 2.43. The molecule has 28 heavy (non-hydrogen) atoms. The Bertz CT molecular complexity index is 829. The van der Waals surface area contributed by atoms with Gasteiger partial charge in [0.25, 0.3) is 5.91 Å². The van der Waals surface area contributed by atoms with E-state index in [1.54, 1.807) is 11.3 Å². The maximum atomic E-state index is 13.0. The molecule has 3 heterocycles. The lowest BCUT2D eigenvalue weighted by molar-refractivity contribution is 0.0751. The lowest BCUT2D eigenvalue weighted by Gasteiger charge is -2.35. The van der Waals surface area contributed by atoms with Crippen molar-refractivity contribution in [3.8, 4) is 0 Å². The van der Waals surface area contributed by atoms with Gasteiger partial charge in [-0.05, 0) is 44.2 Å². The van der Waals surface area contributed by atoms with Crippen molar-refractivity contribution in [1.29, 1.82) is 0 Å². The van der Waals surface area contributed by atoms with Crippen LogP contribution in [0.5, 0.6) is 0 Å². The second kappa shape index (κ2) is 8.19. The van der Waals surface area contributed by atoms with Gasteiger partial charge >= 0.3 is 0 Å². The Hall–Kier alpha value is -1.95. The topological polar surface area (TPSA) is 49.3 Å². The summed E-state index contributed by atoms with van der Waals surface area (Å²) in [5, 5.41) is 0. The van der Waals surface area contributed by atoms with E-state index in [-0.39, 0.29) is 5.91 Å². The summed E-state index contributed by atoms with van der Waals surface area (Å²) in [6.45, 7) is 9.42. The Morgan fingerprint density at radius 3 is 2.54 bits per heavy atom. The molecular weight excluding hydrogens is 368 g/mol. The minimum Gasteiger partial charge on any atom is -0.353 e. The molecule has 1 fully saturated rings. The average molecular weight is 399 g/mol. The second-order valence-corrected chi connectivity index (χ2v) is 9.42. The van der Waals surface area contributed by atoms with E-state index in [0.717, 1.165) is 61.2 Å². The summed E-state index contributed by atoms with van der Waals surface area (Å²) in [7, 11) is 0. The van der Waals surface area contributed by atoms with Crippen LogP contribution in [0.4, 0.5) is 5.82 Å². The Morgan fingerprint density at radius 2 is 1.79 bits per heavy atom. The quantitative estimate of drug-likeness (QED) is 0.727. The van der Waals surface area contributed by atoms with Crippen LogP contribution in [0.15, 0.2) is 12.1 Å². The summed E-state index contributed by atoms with van der Waals surface area (Å²) in [6.07, 6.45) is 6.11. The minimum absolute atomic E-state index is 0.208. The van der Waals surface area contributed by atoms with E-state index in [1.165, 1.54) is 29.7 Å². The molecule has 0 saturated carbocycles. The fourth-order valence-corrected chi connectivity index (χ4v) is 5.28. The van der Waals surface area contributed by atoms with Crippen molar-refractivity contribution < 1.29 is 4.79 Å². The monoisotopic (exact) mass is 398 g/mol.